The Balaban J connectivity index is 1.89. The van der Waals surface area contributed by atoms with Crippen molar-refractivity contribution in [3.05, 3.63) is 65.0 Å². The van der Waals surface area contributed by atoms with Gasteiger partial charge in [-0.15, -0.1) is 0 Å². The van der Waals surface area contributed by atoms with Crippen LogP contribution < -0.4 is 10.5 Å². The van der Waals surface area contributed by atoms with Crippen LogP contribution in [-0.2, 0) is 10.3 Å². The van der Waals surface area contributed by atoms with E-state index in [1.54, 1.807) is 0 Å². The van der Waals surface area contributed by atoms with Gasteiger partial charge in [0, 0.05) is 13.0 Å². The molecular formula is C22H18F3N3O2. The number of amides is 1. The smallest absolute Gasteiger partial charge is 0.387 e. The summed E-state index contributed by atoms with van der Waals surface area (Å²) < 4.78 is 43.8. The molecule has 8 heteroatoms. The molecule has 1 aliphatic heterocycles. The van der Waals surface area contributed by atoms with Gasteiger partial charge in [0.25, 0.3) is 5.91 Å². The van der Waals surface area contributed by atoms with Crippen molar-refractivity contribution in [2.45, 2.75) is 25.0 Å². The van der Waals surface area contributed by atoms with Gasteiger partial charge >= 0.3 is 6.61 Å². The molecule has 0 radical (unpaired) electrons. The molecular weight excluding hydrogens is 395 g/mol. The van der Waals surface area contributed by atoms with E-state index >= 15 is 0 Å². The Morgan fingerprint density at radius 1 is 1.20 bits per heavy atom. The minimum Gasteiger partial charge on any atom is -0.434 e. The molecule has 0 aromatic heterocycles. The zero-order chi connectivity index (χ0) is 21.5. The van der Waals surface area contributed by atoms with Crippen molar-refractivity contribution >= 4 is 11.9 Å². The Kier molecular flexibility index (Phi) is 4.90. The lowest BCUT2D eigenvalue weighted by atomic mass is 9.82. The van der Waals surface area contributed by atoms with Crippen LogP contribution in [0.15, 0.2) is 47.5 Å². The Hall–Kier alpha value is -3.47. The van der Waals surface area contributed by atoms with Crippen molar-refractivity contribution in [1.82, 2.24) is 4.90 Å². The van der Waals surface area contributed by atoms with Crippen molar-refractivity contribution < 1.29 is 22.7 Å². The largest absolute Gasteiger partial charge is 0.434 e. The summed E-state index contributed by atoms with van der Waals surface area (Å²) in [5.74, 6) is 5.11. The van der Waals surface area contributed by atoms with Gasteiger partial charge in [0.2, 0.25) is 0 Å². The molecule has 30 heavy (non-hydrogen) atoms. The van der Waals surface area contributed by atoms with Crippen molar-refractivity contribution in [2.24, 2.45) is 16.6 Å². The van der Waals surface area contributed by atoms with E-state index in [1.165, 1.54) is 54.4 Å². The Labute approximate surface area is 171 Å². The number of aliphatic imine (C=N–C) groups is 1. The highest BCUT2D eigenvalue weighted by Gasteiger charge is 2.49. The summed E-state index contributed by atoms with van der Waals surface area (Å²) in [6.45, 7) is -3.02. The van der Waals surface area contributed by atoms with Gasteiger partial charge in [0.15, 0.2) is 11.5 Å². The molecule has 154 valence electrons. The number of rotatable bonds is 4. The summed E-state index contributed by atoms with van der Waals surface area (Å²) in [6.07, 6.45) is 1.92. The summed E-state index contributed by atoms with van der Waals surface area (Å²) in [7, 11) is 1.48. The van der Waals surface area contributed by atoms with E-state index in [2.05, 4.69) is 21.6 Å². The molecule has 4 rings (SSSR count). The first kappa shape index (κ1) is 19.8. The number of likely N-dealkylation sites (N-methyl/N-ethyl adjacent to an activating group) is 1. The zero-order valence-corrected chi connectivity index (χ0v) is 16.0. The van der Waals surface area contributed by atoms with E-state index in [9.17, 15) is 18.0 Å². The van der Waals surface area contributed by atoms with E-state index in [0.717, 1.165) is 12.8 Å². The van der Waals surface area contributed by atoms with Crippen LogP contribution in [0.4, 0.5) is 13.2 Å². The Morgan fingerprint density at radius 3 is 2.43 bits per heavy atom. The standard InChI is InChI=1S/C22H18F3N3O2/c1-28-19(29)22(27-21(28)26,15-6-9-17(23)10-7-15)16-8-11-18(30-20(24)25)14(12-16)5-4-13-2-3-13/h6-13,20H,2-3H2,1H3,(H2,26,27)/t22-/m1/s1. The highest BCUT2D eigenvalue weighted by molar-refractivity contribution is 6.08. The monoisotopic (exact) mass is 413 g/mol. The number of carbonyl (C=O) groups is 1. The lowest BCUT2D eigenvalue weighted by Crippen LogP contribution is -2.41. The van der Waals surface area contributed by atoms with Crippen LogP contribution in [0.1, 0.15) is 29.5 Å². The van der Waals surface area contributed by atoms with E-state index in [1.807, 2.05) is 0 Å². The van der Waals surface area contributed by atoms with Crippen molar-refractivity contribution in [3.8, 4) is 17.6 Å². The predicted octanol–water partition coefficient (Wildman–Crippen LogP) is 3.22. The molecule has 0 saturated heterocycles. The third kappa shape index (κ3) is 3.47. The number of nitrogens with two attached hydrogens (primary N) is 1. The van der Waals surface area contributed by atoms with Gasteiger partial charge in [0.1, 0.15) is 11.6 Å². The van der Waals surface area contributed by atoms with E-state index in [0.29, 0.717) is 11.1 Å². The van der Waals surface area contributed by atoms with Crippen LogP contribution in [0.25, 0.3) is 0 Å². The van der Waals surface area contributed by atoms with E-state index < -0.39 is 23.9 Å². The lowest BCUT2D eigenvalue weighted by Gasteiger charge is -2.26. The van der Waals surface area contributed by atoms with Crippen molar-refractivity contribution in [3.63, 3.8) is 0 Å². The maximum atomic E-state index is 13.5. The minimum absolute atomic E-state index is 0.0113. The van der Waals surface area contributed by atoms with Crippen LogP contribution in [0.5, 0.6) is 5.75 Å². The Morgan fingerprint density at radius 2 is 1.87 bits per heavy atom. The minimum atomic E-state index is -3.02. The summed E-state index contributed by atoms with van der Waals surface area (Å²) in [4.78, 5) is 18.8. The van der Waals surface area contributed by atoms with Crippen LogP contribution in [0.3, 0.4) is 0 Å². The first-order chi connectivity index (χ1) is 14.3. The second-order valence-electron chi connectivity index (χ2n) is 7.18. The molecule has 1 amide bonds. The summed E-state index contributed by atoms with van der Waals surface area (Å²) in [5.41, 5.74) is 5.32. The van der Waals surface area contributed by atoms with Gasteiger partial charge in [-0.25, -0.2) is 9.38 Å². The number of halogens is 3. The van der Waals surface area contributed by atoms with Gasteiger partial charge in [-0.05, 0) is 48.2 Å². The van der Waals surface area contributed by atoms with Crippen molar-refractivity contribution in [1.29, 1.82) is 0 Å². The molecule has 0 spiro atoms. The van der Waals surface area contributed by atoms with Crippen LogP contribution >= 0.6 is 0 Å². The number of alkyl halides is 2. The number of guanidine groups is 1. The molecule has 2 N–H and O–H groups in total. The quantitative estimate of drug-likeness (QED) is 0.783. The molecule has 2 aliphatic rings. The van der Waals surface area contributed by atoms with Gasteiger partial charge < -0.3 is 10.5 Å². The fourth-order valence-corrected chi connectivity index (χ4v) is 3.33. The first-order valence-corrected chi connectivity index (χ1v) is 9.31. The third-order valence-electron chi connectivity index (χ3n) is 5.10. The average Bonchev–Trinajstić information content (AvgIpc) is 3.51. The average molecular weight is 413 g/mol. The van der Waals surface area contributed by atoms with Gasteiger partial charge in [-0.2, -0.15) is 8.78 Å². The number of benzene rings is 2. The SMILES string of the molecule is CN1C(=O)[C@@](c2ccc(F)cc2)(c2ccc(OC(F)F)c(C#CC3CC3)c2)N=C1N. The summed E-state index contributed by atoms with van der Waals surface area (Å²) in [6, 6.07) is 9.64. The first-order valence-electron chi connectivity index (χ1n) is 9.31. The topological polar surface area (TPSA) is 67.9 Å². The molecule has 1 fully saturated rings. The molecule has 0 bridgehead atoms. The van der Waals surface area contributed by atoms with Gasteiger partial charge in [-0.1, -0.05) is 30.0 Å². The molecule has 1 atom stereocenters. The number of carbonyl (C=O) groups excluding carboxylic acids is 1. The lowest BCUT2D eigenvalue weighted by molar-refractivity contribution is -0.129. The second-order valence-corrected chi connectivity index (χ2v) is 7.18. The molecule has 2 aromatic carbocycles. The number of nitrogens with zero attached hydrogens (tertiary/aromatic N) is 2. The molecule has 1 heterocycles. The zero-order valence-electron chi connectivity index (χ0n) is 16.0. The second kappa shape index (κ2) is 7.41. The predicted molar refractivity (Wildman–Crippen MR) is 104 cm³/mol. The molecule has 5 nitrogen and oxygen atoms in total. The van der Waals surface area contributed by atoms with Crippen LogP contribution in [0.2, 0.25) is 0 Å². The number of ether oxygens (including phenoxy) is 1. The highest BCUT2D eigenvalue weighted by Crippen LogP contribution is 2.41. The fraction of sp³-hybridized carbons (Fsp3) is 0.273. The van der Waals surface area contributed by atoms with E-state index in [4.69, 9.17) is 5.73 Å². The number of hydrogen-bond acceptors (Lipinski definition) is 4. The normalized spacial score (nSPS) is 20.8. The summed E-state index contributed by atoms with van der Waals surface area (Å²) in [5, 5.41) is 0. The number of hydrogen-bond donors (Lipinski definition) is 1. The highest BCUT2D eigenvalue weighted by atomic mass is 19.3. The van der Waals surface area contributed by atoms with Crippen LogP contribution in [-0.4, -0.2) is 30.4 Å². The maximum Gasteiger partial charge on any atom is 0.387 e. The molecule has 2 aromatic rings. The Bertz CT molecular complexity index is 1090. The molecule has 1 aliphatic carbocycles. The molecule has 1 saturated carbocycles. The summed E-state index contributed by atoms with van der Waals surface area (Å²) >= 11 is 0. The third-order valence-corrected chi connectivity index (χ3v) is 5.10. The molecule has 0 unspecified atom stereocenters. The van der Waals surface area contributed by atoms with Gasteiger partial charge in [-0.3, -0.25) is 9.69 Å². The maximum absolute atomic E-state index is 13.5. The van der Waals surface area contributed by atoms with Crippen LogP contribution in [0, 0.1) is 23.6 Å². The van der Waals surface area contributed by atoms with Crippen molar-refractivity contribution in [2.75, 3.05) is 7.05 Å². The van der Waals surface area contributed by atoms with Gasteiger partial charge in [0.05, 0.1) is 5.56 Å². The fourth-order valence-electron chi connectivity index (χ4n) is 3.33. The van der Waals surface area contributed by atoms with E-state index in [-0.39, 0.29) is 23.2 Å².